The molecule has 0 fully saturated rings. The molecular formula is C15H10BrFN2O3. The van der Waals surface area contributed by atoms with E-state index in [1.54, 1.807) is 6.07 Å². The highest BCUT2D eigenvalue weighted by molar-refractivity contribution is 9.10. The number of nitrogens with zero attached hydrogens (tertiary/aromatic N) is 2. The smallest absolute Gasteiger partial charge is 0.339 e. The van der Waals surface area contributed by atoms with E-state index in [1.165, 1.54) is 42.1 Å². The second kappa shape index (κ2) is 6.54. The minimum absolute atomic E-state index is 0.0826. The summed E-state index contributed by atoms with van der Waals surface area (Å²) in [5.74, 6) is -1.06. The van der Waals surface area contributed by atoms with Crippen LogP contribution in [0.15, 0.2) is 39.7 Å². The number of methoxy groups -OCH3 is 1. The molecule has 1 aromatic heterocycles. The van der Waals surface area contributed by atoms with Gasteiger partial charge in [0.1, 0.15) is 17.4 Å². The van der Waals surface area contributed by atoms with E-state index < -0.39 is 17.3 Å². The van der Waals surface area contributed by atoms with Gasteiger partial charge >= 0.3 is 5.97 Å². The van der Waals surface area contributed by atoms with Gasteiger partial charge in [-0.1, -0.05) is 22.0 Å². The van der Waals surface area contributed by atoms with Crippen molar-refractivity contribution in [2.45, 2.75) is 6.54 Å². The van der Waals surface area contributed by atoms with Gasteiger partial charge in [-0.25, -0.2) is 9.18 Å². The molecule has 22 heavy (non-hydrogen) atoms. The van der Waals surface area contributed by atoms with Gasteiger partial charge in [-0.15, -0.1) is 0 Å². The number of ether oxygens (including phenoxy) is 1. The van der Waals surface area contributed by atoms with E-state index >= 15 is 0 Å². The lowest BCUT2D eigenvalue weighted by atomic mass is 10.2. The molecule has 0 aliphatic heterocycles. The quantitative estimate of drug-likeness (QED) is 0.784. The van der Waals surface area contributed by atoms with Crippen molar-refractivity contribution in [3.05, 3.63) is 67.8 Å². The SMILES string of the molecule is COC(=O)c1cc(C#N)c(=O)n(Cc2ccc(F)cc2Br)c1. The maximum absolute atomic E-state index is 13.1. The third-order valence-electron chi connectivity index (χ3n) is 2.98. The Balaban J connectivity index is 2.52. The predicted molar refractivity (Wildman–Crippen MR) is 80.0 cm³/mol. The fourth-order valence-electron chi connectivity index (χ4n) is 1.90. The molecule has 0 atom stereocenters. The van der Waals surface area contributed by atoms with Crippen molar-refractivity contribution >= 4 is 21.9 Å². The van der Waals surface area contributed by atoms with Gasteiger partial charge in [0.25, 0.3) is 5.56 Å². The van der Waals surface area contributed by atoms with Gasteiger partial charge in [-0.05, 0) is 23.8 Å². The van der Waals surface area contributed by atoms with E-state index in [4.69, 9.17) is 5.26 Å². The van der Waals surface area contributed by atoms with Crippen molar-refractivity contribution in [1.29, 1.82) is 5.26 Å². The minimum atomic E-state index is -0.650. The number of nitriles is 1. The van der Waals surface area contributed by atoms with Crippen LogP contribution in [0.5, 0.6) is 0 Å². The fourth-order valence-corrected chi connectivity index (χ4v) is 2.37. The molecule has 0 aliphatic carbocycles. The average molecular weight is 365 g/mol. The molecule has 1 aromatic carbocycles. The summed E-state index contributed by atoms with van der Waals surface area (Å²) in [7, 11) is 1.21. The van der Waals surface area contributed by atoms with Gasteiger partial charge in [0.15, 0.2) is 0 Å². The van der Waals surface area contributed by atoms with Gasteiger partial charge in [0.2, 0.25) is 0 Å². The molecule has 2 rings (SSSR count). The second-order valence-electron chi connectivity index (χ2n) is 4.41. The molecule has 0 unspecified atom stereocenters. The average Bonchev–Trinajstić information content (AvgIpc) is 2.50. The van der Waals surface area contributed by atoms with Crippen LogP contribution in [0.25, 0.3) is 0 Å². The van der Waals surface area contributed by atoms with Crippen LogP contribution in [-0.4, -0.2) is 17.6 Å². The van der Waals surface area contributed by atoms with Gasteiger partial charge < -0.3 is 9.30 Å². The highest BCUT2D eigenvalue weighted by Gasteiger charge is 2.13. The van der Waals surface area contributed by atoms with Gasteiger partial charge in [-0.3, -0.25) is 4.79 Å². The van der Waals surface area contributed by atoms with Crippen LogP contribution in [0.4, 0.5) is 4.39 Å². The van der Waals surface area contributed by atoms with Crippen LogP contribution in [0.2, 0.25) is 0 Å². The van der Waals surface area contributed by atoms with Crippen molar-refractivity contribution in [1.82, 2.24) is 4.57 Å². The molecule has 0 radical (unpaired) electrons. The van der Waals surface area contributed by atoms with Crippen LogP contribution in [0.3, 0.4) is 0 Å². The number of carbonyl (C=O) groups is 1. The summed E-state index contributed by atoms with van der Waals surface area (Å²) in [5, 5.41) is 9.00. The lowest BCUT2D eigenvalue weighted by Crippen LogP contribution is -2.24. The zero-order chi connectivity index (χ0) is 16.3. The molecule has 2 aromatic rings. The van der Waals surface area contributed by atoms with E-state index in [9.17, 15) is 14.0 Å². The van der Waals surface area contributed by atoms with Crippen LogP contribution < -0.4 is 5.56 Å². The third kappa shape index (κ3) is 3.23. The molecule has 0 amide bonds. The second-order valence-corrected chi connectivity index (χ2v) is 5.27. The molecule has 0 spiro atoms. The van der Waals surface area contributed by atoms with Crippen molar-refractivity contribution in [2.75, 3.05) is 7.11 Å². The monoisotopic (exact) mass is 364 g/mol. The van der Waals surface area contributed by atoms with E-state index in [0.717, 1.165) is 0 Å². The summed E-state index contributed by atoms with van der Waals surface area (Å²) < 4.78 is 19.4. The highest BCUT2D eigenvalue weighted by atomic mass is 79.9. The van der Waals surface area contributed by atoms with Crippen molar-refractivity contribution in [3.63, 3.8) is 0 Å². The summed E-state index contributed by atoms with van der Waals surface area (Å²) in [5.41, 5.74) is 0.0267. The van der Waals surface area contributed by atoms with E-state index in [-0.39, 0.29) is 17.7 Å². The van der Waals surface area contributed by atoms with Crippen LogP contribution in [-0.2, 0) is 11.3 Å². The summed E-state index contributed by atoms with van der Waals surface area (Å²) >= 11 is 3.21. The van der Waals surface area contributed by atoms with Gasteiger partial charge in [-0.2, -0.15) is 5.26 Å². The zero-order valence-corrected chi connectivity index (χ0v) is 13.1. The number of pyridine rings is 1. The number of rotatable bonds is 3. The topological polar surface area (TPSA) is 72.1 Å². The molecule has 0 bridgehead atoms. The standard InChI is InChI=1S/C15H10BrFN2O3/c1-22-15(21)11-4-10(6-18)14(20)19(8-11)7-9-2-3-12(17)5-13(9)16/h2-5,8H,7H2,1H3. The first-order valence-corrected chi connectivity index (χ1v) is 6.92. The molecule has 0 aliphatic rings. The Hall–Kier alpha value is -2.46. The Morgan fingerprint density at radius 3 is 2.77 bits per heavy atom. The summed E-state index contributed by atoms with van der Waals surface area (Å²) in [4.78, 5) is 23.7. The van der Waals surface area contributed by atoms with Gasteiger partial charge in [0, 0.05) is 10.7 Å². The first-order chi connectivity index (χ1) is 10.5. The molecule has 0 saturated heterocycles. The lowest BCUT2D eigenvalue weighted by Gasteiger charge is -2.10. The van der Waals surface area contributed by atoms with E-state index in [1.807, 2.05) is 0 Å². The van der Waals surface area contributed by atoms with Gasteiger partial charge in [0.05, 0.1) is 19.2 Å². The fraction of sp³-hybridized carbons (Fsp3) is 0.133. The molecule has 112 valence electrons. The largest absolute Gasteiger partial charge is 0.465 e. The summed E-state index contributed by atoms with van der Waals surface area (Å²) in [6.45, 7) is 0.0826. The number of esters is 1. The maximum atomic E-state index is 13.1. The molecule has 1 heterocycles. The number of carbonyl (C=O) groups excluding carboxylic acids is 1. The molecule has 0 N–H and O–H groups in total. The van der Waals surface area contributed by atoms with Crippen molar-refractivity contribution in [3.8, 4) is 6.07 Å². The number of halogens is 2. The number of benzene rings is 1. The summed E-state index contributed by atoms with van der Waals surface area (Å²) in [6, 6.07) is 6.99. The highest BCUT2D eigenvalue weighted by Crippen LogP contribution is 2.19. The Morgan fingerprint density at radius 1 is 1.45 bits per heavy atom. The summed E-state index contributed by atoms with van der Waals surface area (Å²) in [6.07, 6.45) is 1.31. The Labute approximate surface area is 133 Å². The maximum Gasteiger partial charge on any atom is 0.339 e. The minimum Gasteiger partial charge on any atom is -0.465 e. The number of hydrogen-bond donors (Lipinski definition) is 0. The molecule has 5 nitrogen and oxygen atoms in total. The third-order valence-corrected chi connectivity index (χ3v) is 3.72. The Bertz CT molecular complexity index is 840. The van der Waals surface area contributed by atoms with Crippen LogP contribution in [0.1, 0.15) is 21.5 Å². The molecule has 7 heteroatoms. The van der Waals surface area contributed by atoms with Crippen LogP contribution in [0, 0.1) is 17.1 Å². The Kier molecular flexibility index (Phi) is 4.73. The van der Waals surface area contributed by atoms with Crippen LogP contribution >= 0.6 is 15.9 Å². The Morgan fingerprint density at radius 2 is 2.18 bits per heavy atom. The predicted octanol–water partition coefficient (Wildman–Crippen LogP) is 2.46. The molecule has 0 saturated carbocycles. The number of hydrogen-bond acceptors (Lipinski definition) is 4. The molecular weight excluding hydrogens is 355 g/mol. The lowest BCUT2D eigenvalue weighted by molar-refractivity contribution is 0.0599. The van der Waals surface area contributed by atoms with E-state index in [2.05, 4.69) is 20.7 Å². The first-order valence-electron chi connectivity index (χ1n) is 6.13. The normalized spacial score (nSPS) is 10.1. The van der Waals surface area contributed by atoms with Crippen molar-refractivity contribution < 1.29 is 13.9 Å². The van der Waals surface area contributed by atoms with Crippen molar-refractivity contribution in [2.24, 2.45) is 0 Å². The van der Waals surface area contributed by atoms with E-state index in [0.29, 0.717) is 10.0 Å². The zero-order valence-electron chi connectivity index (χ0n) is 11.5. The first kappa shape index (κ1) is 15.9. The number of aromatic nitrogens is 1.